The molecular weight excluding hydrogens is 447 g/mol. The summed E-state index contributed by atoms with van der Waals surface area (Å²) in [5.74, 6) is -2.00. The summed E-state index contributed by atoms with van der Waals surface area (Å²) < 4.78 is 38.8. The summed E-state index contributed by atoms with van der Waals surface area (Å²) in [5.41, 5.74) is 2.15. The molecule has 0 saturated heterocycles. The third-order valence-electron chi connectivity index (χ3n) is 4.89. The van der Waals surface area contributed by atoms with Crippen LogP contribution in [0.5, 0.6) is 0 Å². The highest BCUT2D eigenvalue weighted by atomic mass is 32.1. The van der Waals surface area contributed by atoms with Crippen LogP contribution in [-0.4, -0.2) is 17.3 Å². The number of benzene rings is 3. The predicted octanol–water partition coefficient (Wildman–Crippen LogP) is 7.92. The van der Waals surface area contributed by atoms with Crippen LogP contribution in [0, 0.1) is 0 Å². The Hall–Kier alpha value is -3.84. The van der Waals surface area contributed by atoms with Crippen molar-refractivity contribution >= 4 is 40.4 Å². The molecule has 3 nitrogen and oxygen atoms in total. The standard InChI is InChI=1S/C26H18F3NO2S/c27-26(28,29)23(25(31)32)17-22-15-16-24(33-22)18-11-13-21(14-12-18)30(19-7-3-1-4-8-19)20-9-5-2-6-10-20/h1-17H,(H,31,32)/b23-17-. The maximum Gasteiger partial charge on any atom is 0.423 e. The highest BCUT2D eigenvalue weighted by Crippen LogP contribution is 2.37. The first kappa shape index (κ1) is 22.4. The second-order valence-electron chi connectivity index (χ2n) is 7.12. The molecule has 4 rings (SSSR count). The van der Waals surface area contributed by atoms with Crippen molar-refractivity contribution < 1.29 is 23.1 Å². The zero-order chi connectivity index (χ0) is 23.4. The predicted molar refractivity (Wildman–Crippen MR) is 126 cm³/mol. The van der Waals surface area contributed by atoms with Gasteiger partial charge in [0.2, 0.25) is 0 Å². The molecule has 33 heavy (non-hydrogen) atoms. The minimum Gasteiger partial charge on any atom is -0.478 e. The number of alkyl halides is 3. The van der Waals surface area contributed by atoms with Crippen molar-refractivity contribution in [2.45, 2.75) is 6.18 Å². The zero-order valence-corrected chi connectivity index (χ0v) is 18.0. The van der Waals surface area contributed by atoms with Crippen LogP contribution >= 0.6 is 11.3 Å². The van der Waals surface area contributed by atoms with Gasteiger partial charge in [0.25, 0.3) is 0 Å². The Morgan fingerprint density at radius 3 is 1.76 bits per heavy atom. The first-order chi connectivity index (χ1) is 15.8. The second-order valence-corrected chi connectivity index (χ2v) is 8.23. The van der Waals surface area contributed by atoms with Gasteiger partial charge < -0.3 is 10.0 Å². The first-order valence-corrected chi connectivity index (χ1v) is 10.8. The van der Waals surface area contributed by atoms with Crippen molar-refractivity contribution in [3.8, 4) is 10.4 Å². The minimum absolute atomic E-state index is 0.221. The van der Waals surface area contributed by atoms with Crippen LogP contribution in [0.4, 0.5) is 30.2 Å². The number of hydrogen-bond donors (Lipinski definition) is 1. The molecule has 0 aliphatic carbocycles. The van der Waals surface area contributed by atoms with Crippen LogP contribution in [0.3, 0.4) is 0 Å². The zero-order valence-electron chi connectivity index (χ0n) is 17.2. The average molecular weight is 465 g/mol. The molecule has 4 aromatic rings. The number of carbonyl (C=O) groups is 1. The average Bonchev–Trinajstić information content (AvgIpc) is 3.28. The number of carboxylic acids is 1. The van der Waals surface area contributed by atoms with Gasteiger partial charge in [-0.2, -0.15) is 13.2 Å². The molecule has 0 unspecified atom stereocenters. The topological polar surface area (TPSA) is 40.5 Å². The second kappa shape index (κ2) is 9.34. The van der Waals surface area contributed by atoms with Gasteiger partial charge in [-0.15, -0.1) is 11.3 Å². The first-order valence-electron chi connectivity index (χ1n) is 9.95. The third-order valence-corrected chi connectivity index (χ3v) is 5.97. The largest absolute Gasteiger partial charge is 0.478 e. The summed E-state index contributed by atoms with van der Waals surface area (Å²) >= 11 is 1.10. The molecule has 0 aliphatic heterocycles. The maximum absolute atomic E-state index is 12.9. The van der Waals surface area contributed by atoms with E-state index in [1.165, 1.54) is 6.07 Å². The number of thiophene rings is 1. The number of hydrogen-bond acceptors (Lipinski definition) is 3. The van der Waals surface area contributed by atoms with E-state index in [0.717, 1.165) is 38.8 Å². The fourth-order valence-corrected chi connectivity index (χ4v) is 4.33. The minimum atomic E-state index is -4.92. The van der Waals surface area contributed by atoms with Gasteiger partial charge >= 0.3 is 12.1 Å². The molecule has 1 aromatic heterocycles. The van der Waals surface area contributed by atoms with E-state index in [1.54, 1.807) is 6.07 Å². The summed E-state index contributed by atoms with van der Waals surface area (Å²) in [6.07, 6.45) is -4.26. The van der Waals surface area contributed by atoms with Crippen molar-refractivity contribution in [2.24, 2.45) is 0 Å². The molecule has 0 bridgehead atoms. The molecule has 166 valence electrons. The monoisotopic (exact) mass is 465 g/mol. The van der Waals surface area contributed by atoms with E-state index in [-0.39, 0.29) is 4.88 Å². The fourth-order valence-electron chi connectivity index (χ4n) is 3.37. The number of nitrogens with zero attached hydrogens (tertiary/aromatic N) is 1. The Bertz CT molecular complexity index is 1220. The lowest BCUT2D eigenvalue weighted by Crippen LogP contribution is -2.19. The van der Waals surface area contributed by atoms with Crippen LogP contribution in [0.15, 0.2) is 103 Å². The summed E-state index contributed by atoms with van der Waals surface area (Å²) in [5, 5.41) is 8.88. The van der Waals surface area contributed by atoms with Crippen molar-refractivity contribution in [1.82, 2.24) is 0 Å². The van der Waals surface area contributed by atoms with Gasteiger partial charge in [-0.3, -0.25) is 0 Å². The Morgan fingerprint density at radius 2 is 1.27 bits per heavy atom. The van der Waals surface area contributed by atoms with E-state index in [1.807, 2.05) is 84.9 Å². The quantitative estimate of drug-likeness (QED) is 0.294. The maximum atomic E-state index is 12.9. The number of rotatable bonds is 6. The van der Waals surface area contributed by atoms with Crippen LogP contribution < -0.4 is 4.90 Å². The van der Waals surface area contributed by atoms with Crippen molar-refractivity contribution in [3.63, 3.8) is 0 Å². The summed E-state index contributed by atoms with van der Waals surface area (Å²) in [6.45, 7) is 0. The van der Waals surface area contributed by atoms with Gasteiger partial charge in [0.1, 0.15) is 5.57 Å². The Morgan fingerprint density at radius 1 is 0.758 bits per heavy atom. The number of aliphatic carboxylic acids is 1. The molecule has 0 saturated carbocycles. The molecule has 0 amide bonds. The lowest BCUT2D eigenvalue weighted by Gasteiger charge is -2.25. The molecule has 1 N–H and O–H groups in total. The molecule has 0 aliphatic rings. The summed E-state index contributed by atoms with van der Waals surface area (Å²) in [6, 6.07) is 30.7. The van der Waals surface area contributed by atoms with E-state index in [4.69, 9.17) is 5.11 Å². The van der Waals surface area contributed by atoms with E-state index in [2.05, 4.69) is 4.90 Å². The fraction of sp³-hybridized carbons (Fsp3) is 0.0385. The molecule has 3 aromatic carbocycles. The Kier molecular flexibility index (Phi) is 6.33. The van der Waals surface area contributed by atoms with Gasteiger partial charge in [0.15, 0.2) is 0 Å². The van der Waals surface area contributed by atoms with E-state index >= 15 is 0 Å². The van der Waals surface area contributed by atoms with E-state index in [9.17, 15) is 18.0 Å². The number of halogens is 3. The van der Waals surface area contributed by atoms with Gasteiger partial charge in [0.05, 0.1) is 0 Å². The molecule has 1 heterocycles. The number of anilines is 3. The highest BCUT2D eigenvalue weighted by molar-refractivity contribution is 7.16. The van der Waals surface area contributed by atoms with Crippen molar-refractivity contribution in [3.05, 3.63) is 108 Å². The molecule has 0 spiro atoms. The summed E-state index contributed by atoms with van der Waals surface area (Å²) in [7, 11) is 0. The van der Waals surface area contributed by atoms with Gasteiger partial charge in [0, 0.05) is 26.8 Å². The van der Waals surface area contributed by atoms with Gasteiger partial charge in [-0.1, -0.05) is 48.5 Å². The molecular formula is C26H18F3NO2S. The molecule has 0 atom stereocenters. The van der Waals surface area contributed by atoms with Crippen molar-refractivity contribution in [2.75, 3.05) is 4.90 Å². The van der Waals surface area contributed by atoms with Crippen LogP contribution in [0.1, 0.15) is 4.88 Å². The lowest BCUT2D eigenvalue weighted by molar-refractivity contribution is -0.144. The molecule has 0 fully saturated rings. The van der Waals surface area contributed by atoms with E-state index in [0.29, 0.717) is 6.08 Å². The SMILES string of the molecule is O=C(O)/C(=C/c1ccc(-c2ccc(N(c3ccccc3)c3ccccc3)cc2)s1)C(F)(F)F. The van der Waals surface area contributed by atoms with Gasteiger partial charge in [-0.05, 0) is 60.2 Å². The summed E-state index contributed by atoms with van der Waals surface area (Å²) in [4.78, 5) is 14.0. The smallest absolute Gasteiger partial charge is 0.423 e. The molecule has 7 heteroatoms. The normalized spacial score (nSPS) is 11.9. The third kappa shape index (κ3) is 5.15. The Balaban J connectivity index is 1.65. The van der Waals surface area contributed by atoms with E-state index < -0.39 is 17.7 Å². The van der Waals surface area contributed by atoms with Crippen LogP contribution in [0.2, 0.25) is 0 Å². The number of carboxylic acid groups (broad SMARTS) is 1. The van der Waals surface area contributed by atoms with Crippen LogP contribution in [0.25, 0.3) is 16.5 Å². The molecule has 0 radical (unpaired) electrons. The lowest BCUT2D eigenvalue weighted by atomic mass is 10.1. The number of para-hydroxylation sites is 2. The highest BCUT2D eigenvalue weighted by Gasteiger charge is 2.38. The van der Waals surface area contributed by atoms with Gasteiger partial charge in [-0.25, -0.2) is 4.79 Å². The Labute approximate surface area is 192 Å². The van der Waals surface area contributed by atoms with Crippen LogP contribution in [-0.2, 0) is 4.79 Å². The van der Waals surface area contributed by atoms with Crippen molar-refractivity contribution in [1.29, 1.82) is 0 Å².